The van der Waals surface area contributed by atoms with E-state index in [1.54, 1.807) is 0 Å². The van der Waals surface area contributed by atoms with Crippen molar-refractivity contribution < 1.29 is 4.74 Å². The first-order valence-corrected chi connectivity index (χ1v) is 5.91. The zero-order chi connectivity index (χ0) is 12.1. The van der Waals surface area contributed by atoms with Gasteiger partial charge in [-0.1, -0.05) is 37.6 Å². The summed E-state index contributed by atoms with van der Waals surface area (Å²) in [5, 5.41) is 11.0. The van der Waals surface area contributed by atoms with Gasteiger partial charge in [-0.2, -0.15) is 5.26 Å². The molecule has 2 rings (SSSR count). The molecular weight excluding hydrogens is 210 g/mol. The number of fused-ring (bicyclic) bond motifs is 1. The highest BCUT2D eigenvalue weighted by molar-refractivity contribution is 5.92. The molecule has 0 fully saturated rings. The maximum absolute atomic E-state index is 9.05. The quantitative estimate of drug-likeness (QED) is 0.739. The average molecular weight is 225 g/mol. The topological polar surface area (TPSA) is 33.0 Å². The second-order valence-electron chi connectivity index (χ2n) is 3.97. The van der Waals surface area contributed by atoms with Gasteiger partial charge >= 0.3 is 0 Å². The number of benzene rings is 2. The van der Waals surface area contributed by atoms with Crippen LogP contribution in [0.5, 0.6) is 5.75 Å². The second-order valence-corrected chi connectivity index (χ2v) is 3.97. The first-order chi connectivity index (χ1) is 8.36. The van der Waals surface area contributed by atoms with Crippen LogP contribution in [0.1, 0.15) is 25.3 Å². The first-order valence-electron chi connectivity index (χ1n) is 5.91. The van der Waals surface area contributed by atoms with Gasteiger partial charge in [0.05, 0.1) is 18.2 Å². The summed E-state index contributed by atoms with van der Waals surface area (Å²) in [5.74, 6) is 0.869. The van der Waals surface area contributed by atoms with Gasteiger partial charge in [-0.05, 0) is 18.6 Å². The molecule has 86 valence electrons. The van der Waals surface area contributed by atoms with Crippen LogP contribution in [0.4, 0.5) is 0 Å². The highest BCUT2D eigenvalue weighted by atomic mass is 16.5. The third-order valence-electron chi connectivity index (χ3n) is 2.76. The predicted octanol–water partition coefficient (Wildman–Crippen LogP) is 3.89. The summed E-state index contributed by atoms with van der Waals surface area (Å²) < 4.78 is 5.75. The summed E-state index contributed by atoms with van der Waals surface area (Å²) in [4.78, 5) is 0. The number of nitriles is 1. The highest BCUT2D eigenvalue weighted by Crippen LogP contribution is 2.28. The lowest BCUT2D eigenvalue weighted by Crippen LogP contribution is -1.97. The number of rotatable bonds is 4. The number of hydrogen-bond acceptors (Lipinski definition) is 2. The molecule has 0 saturated heterocycles. The monoisotopic (exact) mass is 225 g/mol. The summed E-state index contributed by atoms with van der Waals surface area (Å²) in [6, 6.07) is 13.8. The van der Waals surface area contributed by atoms with E-state index in [1.165, 1.54) is 0 Å². The van der Waals surface area contributed by atoms with Crippen molar-refractivity contribution in [1.82, 2.24) is 0 Å². The fourth-order valence-electron chi connectivity index (χ4n) is 1.82. The Morgan fingerprint density at radius 1 is 1.12 bits per heavy atom. The molecule has 2 heteroatoms. The number of ether oxygens (including phenoxy) is 1. The smallest absolute Gasteiger partial charge is 0.127 e. The summed E-state index contributed by atoms with van der Waals surface area (Å²) in [5.41, 5.74) is 0.698. The van der Waals surface area contributed by atoms with E-state index >= 15 is 0 Å². The Bertz CT molecular complexity index is 554. The van der Waals surface area contributed by atoms with E-state index in [4.69, 9.17) is 10.00 Å². The first kappa shape index (κ1) is 11.5. The van der Waals surface area contributed by atoms with E-state index < -0.39 is 0 Å². The van der Waals surface area contributed by atoms with Crippen LogP contribution in [0.2, 0.25) is 0 Å². The van der Waals surface area contributed by atoms with Gasteiger partial charge in [0.15, 0.2) is 0 Å². The van der Waals surface area contributed by atoms with Gasteiger partial charge in [0.25, 0.3) is 0 Å². The van der Waals surface area contributed by atoms with Gasteiger partial charge in [0, 0.05) is 10.8 Å². The van der Waals surface area contributed by atoms with Crippen molar-refractivity contribution in [3.05, 3.63) is 42.0 Å². The lowest BCUT2D eigenvalue weighted by atomic mass is 10.0. The Morgan fingerprint density at radius 2 is 1.88 bits per heavy atom. The summed E-state index contributed by atoms with van der Waals surface area (Å²) in [7, 11) is 0. The average Bonchev–Trinajstić information content (AvgIpc) is 2.39. The zero-order valence-electron chi connectivity index (χ0n) is 9.94. The van der Waals surface area contributed by atoms with E-state index in [2.05, 4.69) is 13.0 Å². The lowest BCUT2D eigenvalue weighted by molar-refractivity contribution is 0.313. The molecule has 0 aliphatic heterocycles. The minimum Gasteiger partial charge on any atom is -0.493 e. The third-order valence-corrected chi connectivity index (χ3v) is 2.76. The van der Waals surface area contributed by atoms with Crippen molar-refractivity contribution in [2.45, 2.75) is 19.8 Å². The normalized spacial score (nSPS) is 10.1. The van der Waals surface area contributed by atoms with Crippen molar-refractivity contribution in [1.29, 1.82) is 5.26 Å². The standard InChI is InChI=1S/C15H15NO/c1-2-3-10-17-15-9-8-12(11-16)13-6-4-5-7-14(13)15/h4-9H,2-3,10H2,1H3. The largest absolute Gasteiger partial charge is 0.493 e. The van der Waals surface area contributed by atoms with Crippen LogP contribution in [-0.2, 0) is 0 Å². The third kappa shape index (κ3) is 2.39. The molecule has 0 N–H and O–H groups in total. The fraction of sp³-hybridized carbons (Fsp3) is 0.267. The van der Waals surface area contributed by atoms with E-state index in [0.717, 1.165) is 36.0 Å². The van der Waals surface area contributed by atoms with Crippen molar-refractivity contribution in [2.24, 2.45) is 0 Å². The molecule has 0 saturated carbocycles. The molecule has 0 aliphatic rings. The van der Waals surface area contributed by atoms with Crippen molar-refractivity contribution >= 4 is 10.8 Å². The van der Waals surface area contributed by atoms with Crippen molar-refractivity contribution in [3.63, 3.8) is 0 Å². The molecule has 0 aromatic heterocycles. The summed E-state index contributed by atoms with van der Waals surface area (Å²) in [6.07, 6.45) is 2.17. The van der Waals surface area contributed by atoms with E-state index in [9.17, 15) is 0 Å². The molecule has 2 nitrogen and oxygen atoms in total. The van der Waals surface area contributed by atoms with Gasteiger partial charge in [-0.25, -0.2) is 0 Å². The molecule has 2 aromatic rings. The van der Waals surface area contributed by atoms with Gasteiger partial charge in [-0.3, -0.25) is 0 Å². The lowest BCUT2D eigenvalue weighted by Gasteiger charge is -2.09. The maximum atomic E-state index is 9.05. The molecule has 0 aliphatic carbocycles. The fourth-order valence-corrected chi connectivity index (χ4v) is 1.82. The molecule has 0 heterocycles. The van der Waals surface area contributed by atoms with E-state index in [1.807, 2.05) is 36.4 Å². The van der Waals surface area contributed by atoms with Crippen LogP contribution in [0.25, 0.3) is 10.8 Å². The minimum atomic E-state index is 0.698. The van der Waals surface area contributed by atoms with Crippen LogP contribution in [0.15, 0.2) is 36.4 Å². The Kier molecular flexibility index (Phi) is 3.62. The number of unbranched alkanes of at least 4 members (excludes halogenated alkanes) is 1. The van der Waals surface area contributed by atoms with Crippen molar-refractivity contribution in [3.8, 4) is 11.8 Å². The highest BCUT2D eigenvalue weighted by Gasteiger charge is 2.05. The number of nitrogens with zero attached hydrogens (tertiary/aromatic N) is 1. The Hall–Kier alpha value is -2.01. The predicted molar refractivity (Wildman–Crippen MR) is 69.1 cm³/mol. The number of hydrogen-bond donors (Lipinski definition) is 0. The second kappa shape index (κ2) is 5.36. The molecule has 0 spiro atoms. The van der Waals surface area contributed by atoms with Crippen LogP contribution >= 0.6 is 0 Å². The van der Waals surface area contributed by atoms with Gasteiger partial charge < -0.3 is 4.74 Å². The van der Waals surface area contributed by atoms with Crippen LogP contribution in [0.3, 0.4) is 0 Å². The molecular formula is C15H15NO. The molecule has 2 aromatic carbocycles. The molecule has 0 amide bonds. The van der Waals surface area contributed by atoms with Gasteiger partial charge in [0.1, 0.15) is 5.75 Å². The van der Waals surface area contributed by atoms with Crippen LogP contribution in [0, 0.1) is 11.3 Å². The molecule has 17 heavy (non-hydrogen) atoms. The maximum Gasteiger partial charge on any atom is 0.127 e. The Morgan fingerprint density at radius 3 is 2.59 bits per heavy atom. The zero-order valence-corrected chi connectivity index (χ0v) is 9.94. The van der Waals surface area contributed by atoms with Gasteiger partial charge in [-0.15, -0.1) is 0 Å². The molecule has 0 atom stereocenters. The van der Waals surface area contributed by atoms with Crippen LogP contribution in [-0.4, -0.2) is 6.61 Å². The van der Waals surface area contributed by atoms with E-state index in [0.29, 0.717) is 5.56 Å². The summed E-state index contributed by atoms with van der Waals surface area (Å²) >= 11 is 0. The molecule has 0 unspecified atom stereocenters. The van der Waals surface area contributed by atoms with Gasteiger partial charge in [0.2, 0.25) is 0 Å². The summed E-state index contributed by atoms with van der Waals surface area (Å²) in [6.45, 7) is 2.87. The van der Waals surface area contributed by atoms with E-state index in [-0.39, 0.29) is 0 Å². The molecule has 0 radical (unpaired) electrons. The Labute approximate surface area is 101 Å². The van der Waals surface area contributed by atoms with Crippen LogP contribution < -0.4 is 4.74 Å². The molecule has 0 bridgehead atoms. The SMILES string of the molecule is CCCCOc1ccc(C#N)c2ccccc12. The Balaban J connectivity index is 2.41. The van der Waals surface area contributed by atoms with Crippen molar-refractivity contribution in [2.75, 3.05) is 6.61 Å². The minimum absolute atomic E-state index is 0.698.